The highest BCUT2D eigenvalue weighted by atomic mass is 16.5. The minimum Gasteiger partial charge on any atom is -0.472 e. The third kappa shape index (κ3) is 6.17. The summed E-state index contributed by atoms with van der Waals surface area (Å²) in [7, 11) is 1.74. The van der Waals surface area contributed by atoms with Crippen molar-refractivity contribution in [2.75, 3.05) is 26.7 Å². The van der Waals surface area contributed by atoms with Gasteiger partial charge in [0.15, 0.2) is 0 Å². The van der Waals surface area contributed by atoms with E-state index in [2.05, 4.69) is 21.8 Å². The number of carbonyl (C=O) groups is 2. The molecule has 0 aromatic carbocycles. The number of likely N-dealkylation sites (N-methyl/N-ethyl adjacent to an activating group) is 1. The molecule has 0 unspecified atom stereocenters. The molecular weight excluding hydrogens is 444 g/mol. The van der Waals surface area contributed by atoms with E-state index in [4.69, 9.17) is 4.74 Å². The number of amides is 2. The first-order valence-electron chi connectivity index (χ1n) is 12.1. The fourth-order valence-electron chi connectivity index (χ4n) is 3.97. The molecule has 2 aliphatic rings. The monoisotopic (exact) mass is 476 g/mol. The first kappa shape index (κ1) is 24.7. The highest BCUT2D eigenvalue weighted by molar-refractivity contribution is 5.97. The molecule has 0 saturated heterocycles. The van der Waals surface area contributed by atoms with Crippen LogP contribution in [0.5, 0.6) is 5.88 Å². The van der Waals surface area contributed by atoms with Gasteiger partial charge in [-0.3, -0.25) is 14.6 Å². The number of carbonyl (C=O) groups excluding carboxylic acids is 2. The molecule has 35 heavy (non-hydrogen) atoms. The van der Waals surface area contributed by atoms with Crippen molar-refractivity contribution in [3.63, 3.8) is 0 Å². The number of hydrogen-bond donors (Lipinski definition) is 1. The van der Waals surface area contributed by atoms with Gasteiger partial charge in [-0.1, -0.05) is 24.8 Å². The minimum atomic E-state index is -0.399. The summed E-state index contributed by atoms with van der Waals surface area (Å²) in [4.78, 5) is 38.3. The van der Waals surface area contributed by atoms with Crippen molar-refractivity contribution < 1.29 is 19.4 Å². The summed E-state index contributed by atoms with van der Waals surface area (Å²) in [5.74, 6) is 6.54. The molecule has 8 heteroatoms. The van der Waals surface area contributed by atoms with E-state index in [1.165, 1.54) is 0 Å². The van der Waals surface area contributed by atoms with Crippen LogP contribution in [0, 0.1) is 23.7 Å². The fourth-order valence-corrected chi connectivity index (χ4v) is 3.97. The molecule has 2 amide bonds. The van der Waals surface area contributed by atoms with E-state index >= 15 is 0 Å². The van der Waals surface area contributed by atoms with Crippen molar-refractivity contribution >= 4 is 11.8 Å². The Morgan fingerprint density at radius 3 is 2.83 bits per heavy atom. The lowest BCUT2D eigenvalue weighted by atomic mass is 9.99. The van der Waals surface area contributed by atoms with E-state index in [-0.39, 0.29) is 42.7 Å². The number of fused-ring (bicyclic) bond motifs is 1. The topological polar surface area (TPSA) is 95.9 Å². The smallest absolute Gasteiger partial charge is 0.259 e. The van der Waals surface area contributed by atoms with E-state index in [1.807, 2.05) is 32.0 Å². The summed E-state index contributed by atoms with van der Waals surface area (Å²) < 4.78 is 6.27. The lowest BCUT2D eigenvalue weighted by Crippen LogP contribution is -2.50. The maximum atomic E-state index is 13.5. The Bertz CT molecular complexity index is 1120. The maximum absolute atomic E-state index is 13.5. The van der Waals surface area contributed by atoms with Gasteiger partial charge in [-0.25, -0.2) is 4.98 Å². The number of nitrogens with zero attached hydrogens (tertiary/aromatic N) is 4. The molecule has 2 aromatic rings. The van der Waals surface area contributed by atoms with E-state index in [9.17, 15) is 14.7 Å². The molecular formula is C27H32N4O4. The standard InChI is InChI=1S/C27H32N4O4/c1-18-15-31(19(2)17-32)27(34)23-12-21(10-9-20-7-8-20)14-29-26(23)35-24(18)16-30(3)25(33)13-22-6-4-5-11-28-22/h4-6,11-12,14,18-20,24,32H,7-8,13,15-17H2,1-3H3/t18-,19+,24+/m1/s1. The van der Waals surface area contributed by atoms with Crippen molar-refractivity contribution in [2.24, 2.45) is 11.8 Å². The van der Waals surface area contributed by atoms with Crippen LogP contribution in [0.1, 0.15) is 48.3 Å². The van der Waals surface area contributed by atoms with Gasteiger partial charge in [-0.2, -0.15) is 0 Å². The van der Waals surface area contributed by atoms with E-state index in [1.54, 1.807) is 35.3 Å². The van der Waals surface area contributed by atoms with Crippen LogP contribution in [-0.4, -0.2) is 75.6 Å². The molecule has 3 atom stereocenters. The predicted molar refractivity (Wildman–Crippen MR) is 131 cm³/mol. The van der Waals surface area contributed by atoms with Crippen LogP contribution in [0.15, 0.2) is 36.7 Å². The van der Waals surface area contributed by atoms with Crippen LogP contribution in [0.4, 0.5) is 0 Å². The molecule has 1 saturated carbocycles. The van der Waals surface area contributed by atoms with Gasteiger partial charge in [0.2, 0.25) is 11.8 Å². The second-order valence-corrected chi connectivity index (χ2v) is 9.52. The SMILES string of the molecule is C[C@@H]1CN([C@@H](C)CO)C(=O)c2cc(C#CC3CC3)cnc2O[C@H]1CN(C)C(=O)Cc1ccccn1. The first-order chi connectivity index (χ1) is 16.9. The average Bonchev–Trinajstić information content (AvgIpc) is 3.69. The summed E-state index contributed by atoms with van der Waals surface area (Å²) in [5, 5.41) is 9.81. The molecule has 0 radical (unpaired) electrons. The Labute approximate surface area is 206 Å². The minimum absolute atomic E-state index is 0.0721. The van der Waals surface area contributed by atoms with E-state index in [0.29, 0.717) is 35.8 Å². The van der Waals surface area contributed by atoms with Crippen LogP contribution in [0.2, 0.25) is 0 Å². The van der Waals surface area contributed by atoms with Crippen LogP contribution >= 0.6 is 0 Å². The Kier molecular flexibility index (Phi) is 7.67. The zero-order chi connectivity index (χ0) is 24.9. The van der Waals surface area contributed by atoms with Crippen molar-refractivity contribution in [2.45, 2.75) is 45.3 Å². The number of aliphatic hydroxyl groups is 1. The molecule has 3 heterocycles. The highest BCUT2D eigenvalue weighted by Gasteiger charge is 2.34. The van der Waals surface area contributed by atoms with Crippen molar-refractivity contribution in [3.8, 4) is 17.7 Å². The zero-order valence-corrected chi connectivity index (χ0v) is 20.5. The largest absolute Gasteiger partial charge is 0.472 e. The summed E-state index contributed by atoms with van der Waals surface area (Å²) in [6.45, 7) is 4.34. The molecule has 8 nitrogen and oxygen atoms in total. The summed E-state index contributed by atoms with van der Waals surface area (Å²) in [6.07, 6.45) is 5.32. The van der Waals surface area contributed by atoms with Crippen LogP contribution < -0.4 is 4.74 Å². The fraction of sp³-hybridized carbons (Fsp3) is 0.481. The van der Waals surface area contributed by atoms with Gasteiger partial charge < -0.3 is 19.6 Å². The molecule has 1 N–H and O–H groups in total. The number of pyridine rings is 2. The van der Waals surface area contributed by atoms with Gasteiger partial charge in [0.1, 0.15) is 11.7 Å². The molecule has 2 aromatic heterocycles. The first-order valence-corrected chi connectivity index (χ1v) is 12.1. The van der Waals surface area contributed by atoms with E-state index in [0.717, 1.165) is 12.8 Å². The number of aromatic nitrogens is 2. The molecule has 0 bridgehead atoms. The second kappa shape index (κ2) is 10.9. The Morgan fingerprint density at radius 2 is 2.14 bits per heavy atom. The molecule has 0 spiro atoms. The highest BCUT2D eigenvalue weighted by Crippen LogP contribution is 2.29. The normalized spacial score (nSPS) is 20.5. The number of aliphatic hydroxyl groups excluding tert-OH is 1. The number of rotatable bonds is 6. The lowest BCUT2D eigenvalue weighted by molar-refractivity contribution is -0.130. The maximum Gasteiger partial charge on any atom is 0.259 e. The Balaban J connectivity index is 1.58. The van der Waals surface area contributed by atoms with Gasteiger partial charge >= 0.3 is 0 Å². The second-order valence-electron chi connectivity index (χ2n) is 9.52. The molecule has 4 rings (SSSR count). The number of hydrogen-bond acceptors (Lipinski definition) is 6. The third-order valence-electron chi connectivity index (χ3n) is 6.46. The third-order valence-corrected chi connectivity index (χ3v) is 6.46. The van der Waals surface area contributed by atoms with Crippen molar-refractivity contribution in [1.29, 1.82) is 0 Å². The van der Waals surface area contributed by atoms with Crippen molar-refractivity contribution in [1.82, 2.24) is 19.8 Å². The summed E-state index contributed by atoms with van der Waals surface area (Å²) >= 11 is 0. The van der Waals surface area contributed by atoms with Crippen LogP contribution in [0.25, 0.3) is 0 Å². The summed E-state index contributed by atoms with van der Waals surface area (Å²) in [6, 6.07) is 6.84. The molecule has 1 aliphatic heterocycles. The van der Waals surface area contributed by atoms with Gasteiger partial charge in [0.25, 0.3) is 5.91 Å². The van der Waals surface area contributed by atoms with Gasteiger partial charge in [0, 0.05) is 49.1 Å². The Hall–Kier alpha value is -3.44. The van der Waals surface area contributed by atoms with Crippen LogP contribution in [0.3, 0.4) is 0 Å². The molecule has 1 fully saturated rings. The van der Waals surface area contributed by atoms with E-state index < -0.39 is 6.10 Å². The molecule has 1 aliphatic carbocycles. The quantitative estimate of drug-likeness (QED) is 0.642. The van der Waals surface area contributed by atoms with Crippen LogP contribution in [-0.2, 0) is 11.2 Å². The zero-order valence-electron chi connectivity index (χ0n) is 20.5. The summed E-state index contributed by atoms with van der Waals surface area (Å²) in [5.41, 5.74) is 1.70. The van der Waals surface area contributed by atoms with Crippen molar-refractivity contribution in [3.05, 3.63) is 53.5 Å². The van der Waals surface area contributed by atoms with Gasteiger partial charge in [0.05, 0.1) is 25.6 Å². The lowest BCUT2D eigenvalue weighted by Gasteiger charge is -2.37. The Morgan fingerprint density at radius 1 is 1.34 bits per heavy atom. The number of ether oxygens (including phenoxy) is 1. The average molecular weight is 477 g/mol. The predicted octanol–water partition coefficient (Wildman–Crippen LogP) is 2.16. The van der Waals surface area contributed by atoms with Gasteiger partial charge in [-0.05, 0) is 38.0 Å². The molecule has 184 valence electrons. The van der Waals surface area contributed by atoms with Gasteiger partial charge in [-0.15, -0.1) is 0 Å².